The fraction of sp³-hybridized carbons (Fsp3) is 0.200. The molecule has 5 aromatic rings. The molecule has 5 aromatic carbocycles. The minimum Gasteiger partial charge on any atom is -0.340 e. The van der Waals surface area contributed by atoms with E-state index in [0.717, 1.165) is 13.0 Å². The first kappa shape index (κ1) is 25.6. The summed E-state index contributed by atoms with van der Waals surface area (Å²) in [4.78, 5) is 2.56. The molecular formula is C40H37NSi. The first-order valence-corrected chi connectivity index (χ1v) is 18.6. The number of rotatable bonds is 4. The second-order valence-corrected chi connectivity index (χ2v) is 17.9. The minimum absolute atomic E-state index is 0.457. The average Bonchev–Trinajstić information content (AvgIpc) is 3.67. The van der Waals surface area contributed by atoms with E-state index >= 15 is 0 Å². The van der Waals surface area contributed by atoms with Crippen molar-refractivity contribution < 1.29 is 0 Å². The van der Waals surface area contributed by atoms with Crippen molar-refractivity contribution in [3.63, 3.8) is 0 Å². The zero-order valence-corrected chi connectivity index (χ0v) is 26.0. The molecule has 0 amide bonds. The summed E-state index contributed by atoms with van der Waals surface area (Å²) in [6.45, 7) is 11.2. The van der Waals surface area contributed by atoms with Gasteiger partial charge >= 0.3 is 0 Å². The molecule has 0 saturated carbocycles. The van der Waals surface area contributed by atoms with Crippen molar-refractivity contribution >= 4 is 41.9 Å². The Bertz CT molecular complexity index is 1950. The van der Waals surface area contributed by atoms with E-state index < -0.39 is 8.07 Å². The van der Waals surface area contributed by atoms with E-state index in [9.17, 15) is 0 Å². The average molecular weight is 560 g/mol. The van der Waals surface area contributed by atoms with Crippen LogP contribution in [-0.2, 0) is 6.42 Å². The highest BCUT2D eigenvalue weighted by molar-refractivity contribution is 6.82. The van der Waals surface area contributed by atoms with Crippen LogP contribution in [0.2, 0.25) is 13.1 Å². The summed E-state index contributed by atoms with van der Waals surface area (Å²) in [7, 11) is -1.99. The first-order valence-electron chi connectivity index (χ1n) is 15.4. The first-order chi connectivity index (χ1) is 20.4. The van der Waals surface area contributed by atoms with Crippen LogP contribution in [0.4, 0.5) is 11.4 Å². The van der Waals surface area contributed by atoms with E-state index in [0.29, 0.717) is 11.1 Å². The van der Waals surface area contributed by atoms with Crippen molar-refractivity contribution in [2.75, 3.05) is 11.4 Å². The SMILES string of the molecule is CC1=Cc2c(cccc2N2CCc3ccccc32)C1[Si](C)(C)C1C(C)=C(c2cccc3ccccc23)c2ccccc21. The number of fused-ring (bicyclic) bond motifs is 4. The van der Waals surface area contributed by atoms with Gasteiger partial charge in [0.15, 0.2) is 0 Å². The van der Waals surface area contributed by atoms with E-state index in [1.165, 1.54) is 66.7 Å². The molecule has 2 unspecified atom stereocenters. The lowest BCUT2D eigenvalue weighted by atomic mass is 9.93. The van der Waals surface area contributed by atoms with Crippen molar-refractivity contribution in [3.8, 4) is 0 Å². The Morgan fingerprint density at radius 3 is 2.21 bits per heavy atom. The Hall–Kier alpha value is -4.14. The van der Waals surface area contributed by atoms with Crippen LogP contribution >= 0.6 is 0 Å². The third kappa shape index (κ3) is 3.61. The monoisotopic (exact) mass is 559 g/mol. The standard InChI is InChI=1S/C40H37NSi/c1-26-25-35-34(20-12-22-37(35)41-24-23-29-14-6-10-21-36(29)41)39(26)42(3,4)40-27(2)38(32-17-8-9-18-33(32)40)31-19-11-15-28-13-5-7-16-30(28)31/h5-22,25,39-40H,23-24H2,1-4H3. The molecule has 0 N–H and O–H groups in total. The second kappa shape index (κ2) is 9.44. The normalized spacial score (nSPS) is 19.2. The van der Waals surface area contributed by atoms with Crippen LogP contribution in [0, 0.1) is 0 Å². The number of anilines is 2. The molecule has 1 nitrogen and oxygen atoms in total. The van der Waals surface area contributed by atoms with Crippen LogP contribution in [0.25, 0.3) is 22.4 Å². The number of benzene rings is 5. The lowest BCUT2D eigenvalue weighted by molar-refractivity contribution is 0.963. The maximum absolute atomic E-state index is 2.65. The molecule has 2 atom stereocenters. The molecule has 206 valence electrons. The molecule has 0 spiro atoms. The van der Waals surface area contributed by atoms with Gasteiger partial charge in [0.1, 0.15) is 0 Å². The molecule has 0 fully saturated rings. The molecule has 0 radical (unpaired) electrons. The van der Waals surface area contributed by atoms with Crippen molar-refractivity contribution in [1.29, 1.82) is 0 Å². The molecule has 0 aromatic heterocycles. The Morgan fingerprint density at radius 1 is 0.643 bits per heavy atom. The number of hydrogen-bond acceptors (Lipinski definition) is 1. The fourth-order valence-corrected chi connectivity index (χ4v) is 13.8. The van der Waals surface area contributed by atoms with Crippen molar-refractivity contribution in [2.45, 2.75) is 44.4 Å². The van der Waals surface area contributed by atoms with Crippen molar-refractivity contribution in [3.05, 3.63) is 154 Å². The lowest BCUT2D eigenvalue weighted by Gasteiger charge is -2.39. The van der Waals surface area contributed by atoms with Gasteiger partial charge in [-0.05, 0) is 76.6 Å². The summed E-state index contributed by atoms with van der Waals surface area (Å²) in [5.74, 6) is 0. The van der Waals surface area contributed by atoms with Gasteiger partial charge in [0.2, 0.25) is 0 Å². The second-order valence-electron chi connectivity index (χ2n) is 13.1. The summed E-state index contributed by atoms with van der Waals surface area (Å²) >= 11 is 0. The molecule has 3 aliphatic rings. The molecule has 8 rings (SSSR count). The third-order valence-corrected chi connectivity index (χ3v) is 14.8. The Morgan fingerprint density at radius 2 is 1.31 bits per heavy atom. The molecule has 0 saturated heterocycles. The zero-order valence-electron chi connectivity index (χ0n) is 25.0. The summed E-state index contributed by atoms with van der Waals surface area (Å²) in [5.41, 5.74) is 17.0. The smallest absolute Gasteiger partial charge is 0.0722 e. The van der Waals surface area contributed by atoms with Crippen molar-refractivity contribution in [2.24, 2.45) is 0 Å². The summed E-state index contributed by atoms with van der Waals surface area (Å²) in [6.07, 6.45) is 3.64. The lowest BCUT2D eigenvalue weighted by Crippen LogP contribution is -2.42. The van der Waals surface area contributed by atoms with E-state index in [1.807, 2.05) is 0 Å². The Balaban J connectivity index is 1.27. The predicted molar refractivity (Wildman–Crippen MR) is 182 cm³/mol. The van der Waals surface area contributed by atoms with E-state index in [1.54, 1.807) is 5.57 Å². The summed E-state index contributed by atoms with van der Waals surface area (Å²) < 4.78 is 0. The fourth-order valence-electron chi connectivity index (χ4n) is 8.84. The minimum atomic E-state index is -1.99. The highest BCUT2D eigenvalue weighted by Crippen LogP contribution is 2.56. The molecule has 2 aliphatic carbocycles. The largest absolute Gasteiger partial charge is 0.340 e. The third-order valence-electron chi connectivity index (χ3n) is 10.3. The predicted octanol–water partition coefficient (Wildman–Crippen LogP) is 10.4. The molecule has 2 heteroatoms. The number of para-hydroxylation sites is 1. The highest BCUT2D eigenvalue weighted by Gasteiger charge is 2.48. The quantitative estimate of drug-likeness (QED) is 0.198. The Kier molecular flexibility index (Phi) is 5.74. The number of nitrogens with zero attached hydrogens (tertiary/aromatic N) is 1. The number of hydrogen-bond donors (Lipinski definition) is 0. The van der Waals surface area contributed by atoms with Gasteiger partial charge in [-0.3, -0.25) is 0 Å². The van der Waals surface area contributed by atoms with Crippen LogP contribution in [0.5, 0.6) is 0 Å². The molecule has 42 heavy (non-hydrogen) atoms. The summed E-state index contributed by atoms with van der Waals surface area (Å²) in [5, 5.41) is 2.66. The topological polar surface area (TPSA) is 3.24 Å². The number of allylic oxidation sites excluding steroid dienone is 2. The maximum Gasteiger partial charge on any atom is 0.0722 e. The molecule has 1 aliphatic heterocycles. The van der Waals surface area contributed by atoms with Crippen LogP contribution in [0.3, 0.4) is 0 Å². The van der Waals surface area contributed by atoms with Crippen LogP contribution in [0.15, 0.2) is 120 Å². The van der Waals surface area contributed by atoms with Crippen molar-refractivity contribution in [1.82, 2.24) is 0 Å². The van der Waals surface area contributed by atoms with E-state index in [4.69, 9.17) is 0 Å². The van der Waals surface area contributed by atoms with Gasteiger partial charge in [-0.15, -0.1) is 0 Å². The Labute approximate surface area is 250 Å². The highest BCUT2D eigenvalue weighted by atomic mass is 28.3. The van der Waals surface area contributed by atoms with Gasteiger partial charge in [-0.1, -0.05) is 127 Å². The van der Waals surface area contributed by atoms with Crippen LogP contribution < -0.4 is 4.90 Å². The van der Waals surface area contributed by atoms with Gasteiger partial charge in [0, 0.05) is 34.6 Å². The van der Waals surface area contributed by atoms with Crippen LogP contribution in [0.1, 0.15) is 58.3 Å². The summed E-state index contributed by atoms with van der Waals surface area (Å²) in [6, 6.07) is 41.0. The molecule has 0 bridgehead atoms. The zero-order chi connectivity index (χ0) is 28.6. The van der Waals surface area contributed by atoms with Gasteiger partial charge in [0.25, 0.3) is 0 Å². The molecular weight excluding hydrogens is 523 g/mol. The van der Waals surface area contributed by atoms with Gasteiger partial charge in [0.05, 0.1) is 8.07 Å². The maximum atomic E-state index is 2.65. The van der Waals surface area contributed by atoms with E-state index in [-0.39, 0.29) is 0 Å². The van der Waals surface area contributed by atoms with Gasteiger partial charge < -0.3 is 4.90 Å². The van der Waals surface area contributed by atoms with Crippen LogP contribution in [-0.4, -0.2) is 14.6 Å². The molecule has 1 heterocycles. The van der Waals surface area contributed by atoms with Gasteiger partial charge in [-0.25, -0.2) is 0 Å². The van der Waals surface area contributed by atoms with E-state index in [2.05, 4.69) is 147 Å². The van der Waals surface area contributed by atoms with Gasteiger partial charge in [-0.2, -0.15) is 0 Å².